The van der Waals surface area contributed by atoms with E-state index in [9.17, 15) is 9.90 Å². The molecule has 4 aliphatic rings. The first-order valence-electron chi connectivity index (χ1n) is 14.0. The number of aliphatic hydroxyl groups excluding tert-OH is 1. The molecule has 4 rings (SSSR count). The number of carbonyl (C=O) groups excluding carboxylic acids is 1. The van der Waals surface area contributed by atoms with Gasteiger partial charge >= 0.3 is 5.97 Å². The maximum atomic E-state index is 12.7. The van der Waals surface area contributed by atoms with Crippen LogP contribution in [0.15, 0.2) is 60.3 Å². The van der Waals surface area contributed by atoms with Crippen LogP contribution in [-0.4, -0.2) is 73.6 Å². The van der Waals surface area contributed by atoms with Crippen LogP contribution in [-0.2, 0) is 28.5 Å². The molecule has 0 amide bonds. The van der Waals surface area contributed by atoms with Gasteiger partial charge in [0.2, 0.25) is 0 Å². The molecule has 9 atom stereocenters. The van der Waals surface area contributed by atoms with Crippen molar-refractivity contribution < 1.29 is 33.6 Å². The van der Waals surface area contributed by atoms with Crippen molar-refractivity contribution in [3.05, 3.63) is 60.3 Å². The molecule has 4 heterocycles. The number of rotatable bonds is 4. The smallest absolute Gasteiger partial charge is 0.330 e. The van der Waals surface area contributed by atoms with Crippen molar-refractivity contribution in [3.8, 4) is 0 Å². The van der Waals surface area contributed by atoms with Crippen LogP contribution in [0.2, 0.25) is 0 Å². The lowest BCUT2D eigenvalue weighted by molar-refractivity contribution is -0.148. The molecule has 2 bridgehead atoms. The standard InChI is InChI=1S/C31H44O7/c1-20-13-14-35-24(16-20)11-12-26(32)27-19-29-31(38-29)28(34-4)18-22(3)15-21(2)17-25-9-5-7-23(36-25)8-6-10-30(33)37-27/h5-7,10-13,21,23-29,31-32H,3,8-9,14-19H2,1-2,4H3/b10-6+,12-11+/t21-,23-,24+,25-,26-,27-,28-,29-,31-/m0/s1. The number of carbonyl (C=O) groups is 1. The Morgan fingerprint density at radius 3 is 2.79 bits per heavy atom. The molecule has 0 aromatic rings. The molecule has 1 saturated heterocycles. The van der Waals surface area contributed by atoms with Crippen molar-refractivity contribution in [2.24, 2.45) is 5.92 Å². The van der Waals surface area contributed by atoms with Crippen molar-refractivity contribution in [3.63, 3.8) is 0 Å². The van der Waals surface area contributed by atoms with Crippen LogP contribution in [0.4, 0.5) is 0 Å². The Hall–Kier alpha value is -2.03. The third-order valence-corrected chi connectivity index (χ3v) is 7.72. The summed E-state index contributed by atoms with van der Waals surface area (Å²) < 4.78 is 29.5. The van der Waals surface area contributed by atoms with E-state index in [-0.39, 0.29) is 36.6 Å². The first-order chi connectivity index (χ1) is 18.3. The first kappa shape index (κ1) is 29.0. The summed E-state index contributed by atoms with van der Waals surface area (Å²) in [6.07, 6.45) is 16.1. The van der Waals surface area contributed by atoms with E-state index in [0.29, 0.717) is 31.8 Å². The summed E-state index contributed by atoms with van der Waals surface area (Å²) in [4.78, 5) is 12.7. The topological polar surface area (TPSA) is 86.8 Å². The maximum absolute atomic E-state index is 12.7. The van der Waals surface area contributed by atoms with Gasteiger partial charge in [-0.1, -0.05) is 61.1 Å². The van der Waals surface area contributed by atoms with E-state index in [1.807, 2.05) is 6.08 Å². The molecule has 1 N–H and O–H groups in total. The van der Waals surface area contributed by atoms with Gasteiger partial charge in [-0.15, -0.1) is 0 Å². The fraction of sp³-hybridized carbons (Fsp3) is 0.645. The molecule has 0 unspecified atom stereocenters. The van der Waals surface area contributed by atoms with Crippen LogP contribution < -0.4 is 0 Å². The van der Waals surface area contributed by atoms with E-state index in [1.54, 1.807) is 19.3 Å². The van der Waals surface area contributed by atoms with Gasteiger partial charge in [-0.3, -0.25) is 0 Å². The fourth-order valence-electron chi connectivity index (χ4n) is 5.65. The highest BCUT2D eigenvalue weighted by atomic mass is 16.6. The molecular weight excluding hydrogens is 484 g/mol. The molecule has 0 aromatic carbocycles. The minimum atomic E-state index is -0.986. The van der Waals surface area contributed by atoms with Gasteiger partial charge in [-0.25, -0.2) is 4.79 Å². The van der Waals surface area contributed by atoms with E-state index in [1.165, 1.54) is 11.6 Å². The van der Waals surface area contributed by atoms with Crippen LogP contribution in [0, 0.1) is 5.92 Å². The van der Waals surface area contributed by atoms with Crippen molar-refractivity contribution in [1.29, 1.82) is 0 Å². The Kier molecular flexibility index (Phi) is 10.6. The van der Waals surface area contributed by atoms with Gasteiger partial charge in [0, 0.05) is 19.6 Å². The predicted molar refractivity (Wildman–Crippen MR) is 146 cm³/mol. The van der Waals surface area contributed by atoms with E-state index in [4.69, 9.17) is 23.7 Å². The molecule has 7 nitrogen and oxygen atoms in total. The zero-order valence-corrected chi connectivity index (χ0v) is 23.0. The third-order valence-electron chi connectivity index (χ3n) is 7.72. The SMILES string of the molecule is C=C1C[C@H](C)C[C@@H]2CC=C[C@@H](C/C=C/C(=O)O[C@H]([C@@H](O)/C=C/[C@@H]3CC(C)=CCO3)C[C@@H]3O[C@H]3[C@@H](OC)C1)O2. The van der Waals surface area contributed by atoms with Gasteiger partial charge in [0.25, 0.3) is 0 Å². The monoisotopic (exact) mass is 528 g/mol. The number of aliphatic hydroxyl groups is 1. The zero-order valence-electron chi connectivity index (χ0n) is 23.0. The highest BCUT2D eigenvalue weighted by Crippen LogP contribution is 2.36. The molecule has 0 spiro atoms. The molecule has 0 aromatic heterocycles. The largest absolute Gasteiger partial charge is 0.456 e. The van der Waals surface area contributed by atoms with E-state index in [2.05, 4.69) is 38.7 Å². The summed E-state index contributed by atoms with van der Waals surface area (Å²) >= 11 is 0. The number of methoxy groups -OCH3 is 1. The fourth-order valence-corrected chi connectivity index (χ4v) is 5.65. The Balaban J connectivity index is 1.46. The number of hydrogen-bond donors (Lipinski definition) is 1. The van der Waals surface area contributed by atoms with Crippen molar-refractivity contribution in [1.82, 2.24) is 0 Å². The Labute approximate surface area is 227 Å². The average Bonchev–Trinajstić information content (AvgIpc) is 3.64. The predicted octanol–water partition coefficient (Wildman–Crippen LogP) is 4.76. The van der Waals surface area contributed by atoms with Crippen LogP contribution in [0.25, 0.3) is 0 Å². The third kappa shape index (κ3) is 8.75. The van der Waals surface area contributed by atoms with E-state index >= 15 is 0 Å². The van der Waals surface area contributed by atoms with Crippen LogP contribution in [0.1, 0.15) is 58.8 Å². The zero-order chi connectivity index (χ0) is 27.1. The second kappa shape index (κ2) is 13.9. The summed E-state index contributed by atoms with van der Waals surface area (Å²) in [7, 11) is 1.69. The number of esters is 1. The van der Waals surface area contributed by atoms with Gasteiger partial charge in [0.1, 0.15) is 18.3 Å². The second-order valence-electron chi connectivity index (χ2n) is 11.2. The van der Waals surface area contributed by atoms with E-state index in [0.717, 1.165) is 31.3 Å². The summed E-state index contributed by atoms with van der Waals surface area (Å²) in [5.41, 5.74) is 2.39. The Morgan fingerprint density at radius 2 is 2.00 bits per heavy atom. The second-order valence-corrected chi connectivity index (χ2v) is 11.2. The van der Waals surface area contributed by atoms with E-state index < -0.39 is 18.2 Å². The summed E-state index contributed by atoms with van der Waals surface area (Å²) in [5, 5.41) is 11.0. The Bertz CT molecular complexity index is 935. The van der Waals surface area contributed by atoms with Crippen molar-refractivity contribution in [2.45, 2.75) is 108 Å². The number of epoxide rings is 1. The van der Waals surface area contributed by atoms with Gasteiger partial charge in [-0.05, 0) is 51.4 Å². The highest BCUT2D eigenvalue weighted by molar-refractivity contribution is 5.82. The number of fused-ring (bicyclic) bond motifs is 3. The number of ether oxygens (including phenoxy) is 5. The summed E-state index contributed by atoms with van der Waals surface area (Å²) in [5.74, 6) is -0.0497. The van der Waals surface area contributed by atoms with Crippen molar-refractivity contribution in [2.75, 3.05) is 13.7 Å². The van der Waals surface area contributed by atoms with Gasteiger partial charge in [0.05, 0.1) is 37.1 Å². The molecule has 0 radical (unpaired) electrons. The van der Waals surface area contributed by atoms with Crippen LogP contribution >= 0.6 is 0 Å². The number of hydrogen-bond acceptors (Lipinski definition) is 7. The van der Waals surface area contributed by atoms with Crippen LogP contribution in [0.3, 0.4) is 0 Å². The first-order valence-corrected chi connectivity index (χ1v) is 14.0. The molecule has 1 fully saturated rings. The average molecular weight is 529 g/mol. The highest BCUT2D eigenvalue weighted by Gasteiger charge is 2.47. The van der Waals surface area contributed by atoms with Crippen LogP contribution in [0.5, 0.6) is 0 Å². The minimum absolute atomic E-state index is 0.0668. The molecule has 7 heteroatoms. The minimum Gasteiger partial charge on any atom is -0.456 e. The molecule has 210 valence electrons. The molecule has 0 aliphatic carbocycles. The molecule has 38 heavy (non-hydrogen) atoms. The lowest BCUT2D eigenvalue weighted by Gasteiger charge is -2.28. The quantitative estimate of drug-likeness (QED) is 0.320. The summed E-state index contributed by atoms with van der Waals surface area (Å²) in [6, 6.07) is 0. The maximum Gasteiger partial charge on any atom is 0.330 e. The molecule has 0 saturated carbocycles. The molecular formula is C31H44O7. The normalized spacial score (nSPS) is 38.9. The summed E-state index contributed by atoms with van der Waals surface area (Å²) in [6.45, 7) is 9.19. The lowest BCUT2D eigenvalue weighted by Crippen LogP contribution is -2.33. The van der Waals surface area contributed by atoms with Gasteiger partial charge in [0.15, 0.2) is 0 Å². The van der Waals surface area contributed by atoms with Gasteiger partial charge < -0.3 is 28.8 Å². The number of cyclic esters (lactones) is 1. The lowest BCUT2D eigenvalue weighted by atomic mass is 9.90. The van der Waals surface area contributed by atoms with Crippen molar-refractivity contribution >= 4 is 5.97 Å². The Morgan fingerprint density at radius 1 is 1.16 bits per heavy atom. The van der Waals surface area contributed by atoms with Gasteiger partial charge in [-0.2, -0.15) is 0 Å². The molecule has 4 aliphatic heterocycles.